The highest BCUT2D eigenvalue weighted by molar-refractivity contribution is 6.00. The van der Waals surface area contributed by atoms with Gasteiger partial charge in [-0.3, -0.25) is 9.78 Å². The number of aryl methyl sites for hydroxylation is 2. The van der Waals surface area contributed by atoms with E-state index in [1.807, 2.05) is 36.4 Å². The largest absolute Gasteiger partial charge is 0.384 e. The van der Waals surface area contributed by atoms with E-state index in [-0.39, 0.29) is 5.91 Å². The average molecular weight is 319 g/mol. The molecule has 24 heavy (non-hydrogen) atoms. The number of amides is 1. The molecule has 0 unspecified atom stereocenters. The number of carbonyl (C=O) groups is 1. The molecule has 0 aliphatic carbocycles. The first-order chi connectivity index (χ1) is 11.6. The fraction of sp³-hybridized carbons (Fsp3) is 0.200. The lowest BCUT2D eigenvalue weighted by Crippen LogP contribution is -2.17. The highest BCUT2D eigenvalue weighted by atomic mass is 16.1. The minimum absolute atomic E-state index is 0.0214. The number of para-hydroxylation sites is 2. The number of fused-ring (bicyclic) bond motifs is 1. The van der Waals surface area contributed by atoms with Crippen molar-refractivity contribution < 1.29 is 4.79 Å². The van der Waals surface area contributed by atoms with Gasteiger partial charge in [0, 0.05) is 30.2 Å². The minimum Gasteiger partial charge on any atom is -0.384 e. The molecule has 0 aliphatic heterocycles. The molecule has 4 nitrogen and oxygen atoms in total. The lowest BCUT2D eigenvalue weighted by atomic mass is 10.1. The van der Waals surface area contributed by atoms with Gasteiger partial charge in [-0.1, -0.05) is 36.4 Å². The van der Waals surface area contributed by atoms with E-state index in [0.717, 1.165) is 22.3 Å². The Morgan fingerprint density at radius 3 is 2.50 bits per heavy atom. The number of hydrogen-bond donors (Lipinski definition) is 2. The molecule has 1 amide bonds. The maximum atomic E-state index is 12.2. The predicted octanol–water partition coefficient (Wildman–Crippen LogP) is 4.29. The van der Waals surface area contributed by atoms with E-state index in [1.165, 1.54) is 11.1 Å². The number of rotatable bonds is 5. The van der Waals surface area contributed by atoms with E-state index in [9.17, 15) is 4.79 Å². The Balaban J connectivity index is 1.62. The van der Waals surface area contributed by atoms with Crippen LogP contribution in [0.25, 0.3) is 10.9 Å². The number of anilines is 2. The van der Waals surface area contributed by atoms with Gasteiger partial charge in [-0.25, -0.2) is 0 Å². The van der Waals surface area contributed by atoms with E-state index >= 15 is 0 Å². The monoisotopic (exact) mass is 319 g/mol. The lowest BCUT2D eigenvalue weighted by molar-refractivity contribution is -0.115. The molecule has 0 fully saturated rings. The van der Waals surface area contributed by atoms with Crippen molar-refractivity contribution in [3.63, 3.8) is 0 Å². The van der Waals surface area contributed by atoms with Crippen molar-refractivity contribution in [2.24, 2.45) is 0 Å². The SMILES string of the molecule is Cc1cccc(C)c1NCCC(=O)Nc1cccc2cccnc12. The van der Waals surface area contributed by atoms with Crippen LogP contribution in [0.5, 0.6) is 0 Å². The number of hydrogen-bond acceptors (Lipinski definition) is 3. The van der Waals surface area contributed by atoms with Gasteiger partial charge in [0.2, 0.25) is 5.91 Å². The topological polar surface area (TPSA) is 54.0 Å². The van der Waals surface area contributed by atoms with Crippen molar-refractivity contribution in [3.8, 4) is 0 Å². The molecule has 0 saturated heterocycles. The van der Waals surface area contributed by atoms with Crippen LogP contribution in [0, 0.1) is 13.8 Å². The van der Waals surface area contributed by atoms with Gasteiger partial charge in [-0.2, -0.15) is 0 Å². The second-order valence-corrected chi connectivity index (χ2v) is 5.87. The van der Waals surface area contributed by atoms with Gasteiger partial charge < -0.3 is 10.6 Å². The summed E-state index contributed by atoms with van der Waals surface area (Å²) in [5.74, 6) is -0.0214. The van der Waals surface area contributed by atoms with Gasteiger partial charge in [0.05, 0.1) is 11.2 Å². The molecule has 2 N–H and O–H groups in total. The number of aromatic nitrogens is 1. The number of pyridine rings is 1. The van der Waals surface area contributed by atoms with Crippen molar-refractivity contribution >= 4 is 28.2 Å². The summed E-state index contributed by atoms with van der Waals surface area (Å²) >= 11 is 0. The normalized spacial score (nSPS) is 10.6. The molecule has 0 radical (unpaired) electrons. The second-order valence-electron chi connectivity index (χ2n) is 5.87. The maximum Gasteiger partial charge on any atom is 0.226 e. The second kappa shape index (κ2) is 7.13. The van der Waals surface area contributed by atoms with E-state index in [0.29, 0.717) is 13.0 Å². The zero-order valence-electron chi connectivity index (χ0n) is 14.0. The van der Waals surface area contributed by atoms with Crippen LogP contribution in [0.1, 0.15) is 17.5 Å². The number of carbonyl (C=O) groups excluding carboxylic acids is 1. The van der Waals surface area contributed by atoms with Crippen LogP contribution in [0.3, 0.4) is 0 Å². The number of nitrogens with zero attached hydrogens (tertiary/aromatic N) is 1. The van der Waals surface area contributed by atoms with E-state index < -0.39 is 0 Å². The fourth-order valence-corrected chi connectivity index (χ4v) is 2.81. The first-order valence-corrected chi connectivity index (χ1v) is 8.09. The molecule has 2 aromatic carbocycles. The molecule has 0 bridgehead atoms. The molecule has 0 atom stereocenters. The van der Waals surface area contributed by atoms with Crippen molar-refractivity contribution in [2.45, 2.75) is 20.3 Å². The highest BCUT2D eigenvalue weighted by Gasteiger charge is 2.07. The first kappa shape index (κ1) is 16.0. The predicted molar refractivity (Wildman–Crippen MR) is 99.4 cm³/mol. The number of nitrogens with one attached hydrogen (secondary N) is 2. The molecule has 1 aromatic heterocycles. The van der Waals surface area contributed by atoms with Crippen LogP contribution < -0.4 is 10.6 Å². The Hall–Kier alpha value is -2.88. The van der Waals surface area contributed by atoms with Gasteiger partial charge in [0.15, 0.2) is 0 Å². The van der Waals surface area contributed by atoms with Gasteiger partial charge in [-0.05, 0) is 37.1 Å². The Morgan fingerprint density at radius 1 is 1.00 bits per heavy atom. The van der Waals surface area contributed by atoms with E-state index in [2.05, 4.69) is 41.6 Å². The first-order valence-electron chi connectivity index (χ1n) is 8.09. The number of benzene rings is 2. The third-order valence-corrected chi connectivity index (χ3v) is 4.04. The lowest BCUT2D eigenvalue weighted by Gasteiger charge is -2.13. The average Bonchev–Trinajstić information content (AvgIpc) is 2.58. The van der Waals surface area contributed by atoms with Gasteiger partial charge >= 0.3 is 0 Å². The summed E-state index contributed by atoms with van der Waals surface area (Å²) in [7, 11) is 0. The summed E-state index contributed by atoms with van der Waals surface area (Å²) in [5.41, 5.74) is 5.06. The van der Waals surface area contributed by atoms with Crippen LogP contribution in [0.2, 0.25) is 0 Å². The summed E-state index contributed by atoms with van der Waals surface area (Å²) in [4.78, 5) is 16.6. The molecule has 3 aromatic rings. The van der Waals surface area contributed by atoms with Gasteiger partial charge in [0.25, 0.3) is 0 Å². The molecule has 3 rings (SSSR count). The van der Waals surface area contributed by atoms with Gasteiger partial charge in [-0.15, -0.1) is 0 Å². The summed E-state index contributed by atoms with van der Waals surface area (Å²) in [6.45, 7) is 4.73. The smallest absolute Gasteiger partial charge is 0.226 e. The Morgan fingerprint density at radius 2 is 1.71 bits per heavy atom. The summed E-state index contributed by atoms with van der Waals surface area (Å²) in [5, 5.41) is 7.34. The zero-order chi connectivity index (χ0) is 16.9. The third kappa shape index (κ3) is 3.54. The Bertz CT molecular complexity index is 848. The van der Waals surface area contributed by atoms with Crippen molar-refractivity contribution in [3.05, 3.63) is 65.9 Å². The molecule has 0 saturated carbocycles. The summed E-state index contributed by atoms with van der Waals surface area (Å²) in [6.07, 6.45) is 2.14. The highest BCUT2D eigenvalue weighted by Crippen LogP contribution is 2.21. The van der Waals surface area contributed by atoms with E-state index in [4.69, 9.17) is 0 Å². The van der Waals surface area contributed by atoms with Crippen molar-refractivity contribution in [1.82, 2.24) is 4.98 Å². The molecule has 4 heteroatoms. The van der Waals surface area contributed by atoms with Crippen LogP contribution in [-0.2, 0) is 4.79 Å². The molecule has 0 aliphatic rings. The van der Waals surface area contributed by atoms with Crippen LogP contribution in [0.4, 0.5) is 11.4 Å². The van der Waals surface area contributed by atoms with Crippen LogP contribution >= 0.6 is 0 Å². The van der Waals surface area contributed by atoms with Gasteiger partial charge in [0.1, 0.15) is 0 Å². The van der Waals surface area contributed by atoms with Crippen molar-refractivity contribution in [2.75, 3.05) is 17.2 Å². The van der Waals surface area contributed by atoms with Crippen molar-refractivity contribution in [1.29, 1.82) is 0 Å². The van der Waals surface area contributed by atoms with Crippen LogP contribution in [-0.4, -0.2) is 17.4 Å². The quantitative estimate of drug-likeness (QED) is 0.737. The van der Waals surface area contributed by atoms with E-state index in [1.54, 1.807) is 6.20 Å². The maximum absolute atomic E-state index is 12.2. The molecular formula is C20H21N3O. The van der Waals surface area contributed by atoms with Crippen LogP contribution in [0.15, 0.2) is 54.7 Å². The summed E-state index contributed by atoms with van der Waals surface area (Å²) in [6, 6.07) is 15.8. The minimum atomic E-state index is -0.0214. The zero-order valence-corrected chi connectivity index (χ0v) is 14.0. The fourth-order valence-electron chi connectivity index (χ4n) is 2.81. The third-order valence-electron chi connectivity index (χ3n) is 4.04. The molecule has 0 spiro atoms. The molecule has 1 heterocycles. The Kier molecular flexibility index (Phi) is 4.75. The standard InChI is InChI=1S/C20H21N3O/c1-14-6-3-7-15(2)19(14)22-13-11-18(24)23-17-10-4-8-16-9-5-12-21-20(16)17/h3-10,12,22H,11,13H2,1-2H3,(H,23,24). The summed E-state index contributed by atoms with van der Waals surface area (Å²) < 4.78 is 0. The molecular weight excluding hydrogens is 298 g/mol. The Labute approximate surface area is 141 Å². The molecule has 122 valence electrons.